The molecule has 0 saturated carbocycles. The molecule has 5 rings (SSSR count). The topological polar surface area (TPSA) is 41.6 Å². The van der Waals surface area contributed by atoms with E-state index < -0.39 is 11.7 Å². The summed E-state index contributed by atoms with van der Waals surface area (Å²) in [6.07, 6.45) is -2.64. The van der Waals surface area contributed by atoms with E-state index in [1.807, 2.05) is 36.4 Å². The molecule has 1 aliphatic heterocycles. The predicted octanol–water partition coefficient (Wildman–Crippen LogP) is 8.53. The van der Waals surface area contributed by atoms with Crippen molar-refractivity contribution in [3.05, 3.63) is 107 Å². The minimum Gasteiger partial charge on any atom is -0.490 e. The van der Waals surface area contributed by atoms with Crippen molar-refractivity contribution in [3.63, 3.8) is 0 Å². The summed E-state index contributed by atoms with van der Waals surface area (Å²) in [7, 11) is 2.08. The van der Waals surface area contributed by atoms with E-state index >= 15 is 0 Å². The maximum Gasteiger partial charge on any atom is 0.416 e. The van der Waals surface area contributed by atoms with E-state index in [2.05, 4.69) is 33.2 Å². The average molecular weight is 609 g/mol. The molecular formula is C32H28BrF3N2O2. The van der Waals surface area contributed by atoms with Crippen molar-refractivity contribution < 1.29 is 22.7 Å². The first kappa shape index (κ1) is 27.9. The Morgan fingerprint density at radius 1 is 0.875 bits per heavy atom. The number of rotatable bonds is 6. The van der Waals surface area contributed by atoms with Crippen LogP contribution in [0, 0.1) is 0 Å². The number of carbonyl (C=O) groups excluding carboxylic acids is 1. The van der Waals surface area contributed by atoms with Gasteiger partial charge in [0.25, 0.3) is 5.91 Å². The van der Waals surface area contributed by atoms with Crippen LogP contribution in [0.15, 0.2) is 95.5 Å². The summed E-state index contributed by atoms with van der Waals surface area (Å²) in [4.78, 5) is 15.0. The highest BCUT2D eigenvalue weighted by atomic mass is 79.9. The molecule has 4 nitrogen and oxygen atoms in total. The van der Waals surface area contributed by atoms with Crippen molar-refractivity contribution in [3.8, 4) is 28.0 Å². The number of nitrogens with one attached hydrogen (secondary N) is 1. The van der Waals surface area contributed by atoms with Crippen LogP contribution in [0.25, 0.3) is 22.3 Å². The molecule has 1 aliphatic rings. The third-order valence-electron chi connectivity index (χ3n) is 7.00. The van der Waals surface area contributed by atoms with Gasteiger partial charge in [0.15, 0.2) is 0 Å². The van der Waals surface area contributed by atoms with Gasteiger partial charge in [0.2, 0.25) is 0 Å². The molecule has 4 aromatic rings. The molecule has 0 aliphatic carbocycles. The van der Waals surface area contributed by atoms with Crippen molar-refractivity contribution in [2.24, 2.45) is 0 Å². The number of ether oxygens (including phenoxy) is 1. The number of hydrogen-bond acceptors (Lipinski definition) is 3. The molecule has 206 valence electrons. The highest BCUT2D eigenvalue weighted by Crippen LogP contribution is 2.39. The van der Waals surface area contributed by atoms with Crippen LogP contribution >= 0.6 is 15.9 Å². The smallest absolute Gasteiger partial charge is 0.416 e. The Balaban J connectivity index is 1.50. The zero-order valence-corrected chi connectivity index (χ0v) is 23.4. The Hall–Kier alpha value is -3.62. The van der Waals surface area contributed by atoms with Crippen molar-refractivity contribution in [1.82, 2.24) is 4.90 Å². The lowest BCUT2D eigenvalue weighted by molar-refractivity contribution is -0.137. The molecule has 0 aromatic heterocycles. The molecule has 40 heavy (non-hydrogen) atoms. The number of likely N-dealkylation sites (tertiary alicyclic amines) is 1. The second-order valence-electron chi connectivity index (χ2n) is 9.95. The van der Waals surface area contributed by atoms with Gasteiger partial charge in [0.05, 0.1) is 5.56 Å². The Morgan fingerprint density at radius 3 is 2.25 bits per heavy atom. The molecule has 0 unspecified atom stereocenters. The molecule has 4 aromatic carbocycles. The number of carbonyl (C=O) groups is 1. The van der Waals surface area contributed by atoms with Gasteiger partial charge in [0.1, 0.15) is 11.9 Å². The number of alkyl halides is 3. The van der Waals surface area contributed by atoms with E-state index in [1.165, 1.54) is 6.07 Å². The Kier molecular flexibility index (Phi) is 8.28. The normalized spacial score (nSPS) is 14.6. The standard InChI is InChI=1S/C32H28BrF3N2O2/c1-38-16-14-27(15-17-38)40-28-12-13-29(30(20-28)22-4-2-6-24(18-22)32(34,35)36)23-5-3-7-26(19-23)37-31(39)21-8-10-25(33)11-9-21/h2-13,18-20,27H,14-17H2,1H3,(H,37,39). The Bertz CT molecular complexity index is 1500. The summed E-state index contributed by atoms with van der Waals surface area (Å²) in [6.45, 7) is 1.87. The quantitative estimate of drug-likeness (QED) is 0.238. The average Bonchev–Trinajstić information content (AvgIpc) is 2.94. The molecule has 1 fully saturated rings. The van der Waals surface area contributed by atoms with E-state index in [0.29, 0.717) is 28.1 Å². The molecule has 1 N–H and O–H groups in total. The van der Waals surface area contributed by atoms with Gasteiger partial charge in [-0.25, -0.2) is 0 Å². The first-order valence-electron chi connectivity index (χ1n) is 13.0. The van der Waals surface area contributed by atoms with Gasteiger partial charge in [-0.2, -0.15) is 13.2 Å². The molecule has 0 radical (unpaired) electrons. The zero-order chi connectivity index (χ0) is 28.3. The van der Waals surface area contributed by atoms with Crippen LogP contribution < -0.4 is 10.1 Å². The summed E-state index contributed by atoms with van der Waals surface area (Å²) >= 11 is 3.37. The molecule has 0 atom stereocenters. The lowest BCUT2D eigenvalue weighted by Crippen LogP contribution is -2.35. The van der Waals surface area contributed by atoms with Crippen LogP contribution in [0.2, 0.25) is 0 Å². The number of nitrogens with zero attached hydrogens (tertiary/aromatic N) is 1. The van der Waals surface area contributed by atoms with E-state index in [4.69, 9.17) is 4.74 Å². The fourth-order valence-electron chi connectivity index (χ4n) is 4.81. The Labute approximate surface area is 239 Å². The summed E-state index contributed by atoms with van der Waals surface area (Å²) in [5, 5.41) is 2.91. The number of amides is 1. The largest absolute Gasteiger partial charge is 0.490 e. The van der Waals surface area contributed by atoms with Crippen LogP contribution in [0.1, 0.15) is 28.8 Å². The summed E-state index contributed by atoms with van der Waals surface area (Å²) in [6, 6.07) is 25.2. The molecule has 1 heterocycles. The summed E-state index contributed by atoms with van der Waals surface area (Å²) in [5.41, 5.74) is 2.91. The molecule has 1 saturated heterocycles. The SMILES string of the molecule is CN1CCC(Oc2ccc(-c3cccc(NC(=O)c4ccc(Br)cc4)c3)c(-c3cccc(C(F)(F)F)c3)c2)CC1. The molecular weight excluding hydrogens is 581 g/mol. The van der Waals surface area contributed by atoms with Gasteiger partial charge >= 0.3 is 6.18 Å². The van der Waals surface area contributed by atoms with Crippen LogP contribution in [-0.2, 0) is 6.18 Å². The van der Waals surface area contributed by atoms with Crippen molar-refractivity contribution >= 4 is 27.5 Å². The molecule has 8 heteroatoms. The van der Waals surface area contributed by atoms with Crippen molar-refractivity contribution in [2.45, 2.75) is 25.1 Å². The van der Waals surface area contributed by atoms with Crippen molar-refractivity contribution in [2.75, 3.05) is 25.5 Å². The van der Waals surface area contributed by atoms with Crippen LogP contribution in [0.4, 0.5) is 18.9 Å². The fraction of sp³-hybridized carbons (Fsp3) is 0.219. The zero-order valence-electron chi connectivity index (χ0n) is 21.8. The lowest BCUT2D eigenvalue weighted by atomic mass is 9.93. The van der Waals surface area contributed by atoms with Crippen molar-refractivity contribution in [1.29, 1.82) is 0 Å². The lowest BCUT2D eigenvalue weighted by Gasteiger charge is -2.29. The first-order valence-corrected chi connectivity index (χ1v) is 13.8. The monoisotopic (exact) mass is 608 g/mol. The molecule has 1 amide bonds. The Morgan fingerprint density at radius 2 is 1.55 bits per heavy atom. The molecule has 0 spiro atoms. The minimum absolute atomic E-state index is 0.0496. The summed E-state index contributed by atoms with van der Waals surface area (Å²) in [5.74, 6) is 0.357. The maximum atomic E-state index is 13.6. The highest BCUT2D eigenvalue weighted by Gasteiger charge is 2.30. The predicted molar refractivity (Wildman–Crippen MR) is 156 cm³/mol. The van der Waals surface area contributed by atoms with E-state index in [0.717, 1.165) is 53.7 Å². The minimum atomic E-state index is -4.46. The number of benzene rings is 4. The van der Waals surface area contributed by atoms with Crippen LogP contribution in [0.5, 0.6) is 5.75 Å². The van der Waals surface area contributed by atoms with Gasteiger partial charge in [-0.15, -0.1) is 0 Å². The fourth-order valence-corrected chi connectivity index (χ4v) is 5.08. The van der Waals surface area contributed by atoms with Gasteiger partial charge in [-0.1, -0.05) is 46.3 Å². The van der Waals surface area contributed by atoms with Gasteiger partial charge in [-0.3, -0.25) is 4.79 Å². The maximum absolute atomic E-state index is 13.6. The number of anilines is 1. The number of halogens is 4. The summed E-state index contributed by atoms with van der Waals surface area (Å²) < 4.78 is 47.9. The molecule has 0 bridgehead atoms. The highest BCUT2D eigenvalue weighted by molar-refractivity contribution is 9.10. The van der Waals surface area contributed by atoms with Gasteiger partial charge in [0, 0.05) is 28.8 Å². The number of hydrogen-bond donors (Lipinski definition) is 1. The number of piperidine rings is 1. The van der Waals surface area contributed by atoms with Gasteiger partial charge in [-0.05, 0) is 103 Å². The second kappa shape index (κ2) is 11.9. The van der Waals surface area contributed by atoms with E-state index in [1.54, 1.807) is 36.4 Å². The second-order valence-corrected chi connectivity index (χ2v) is 10.9. The van der Waals surface area contributed by atoms with Crippen LogP contribution in [-0.4, -0.2) is 37.0 Å². The van der Waals surface area contributed by atoms with Gasteiger partial charge < -0.3 is 15.0 Å². The van der Waals surface area contributed by atoms with E-state index in [9.17, 15) is 18.0 Å². The third-order valence-corrected chi connectivity index (χ3v) is 7.53. The van der Waals surface area contributed by atoms with E-state index in [-0.39, 0.29) is 12.0 Å². The third kappa shape index (κ3) is 6.74. The van der Waals surface area contributed by atoms with Crippen LogP contribution in [0.3, 0.4) is 0 Å². The first-order chi connectivity index (χ1) is 19.2.